The first-order valence-corrected chi connectivity index (χ1v) is 8.00. The van der Waals surface area contributed by atoms with E-state index < -0.39 is 17.2 Å². The van der Waals surface area contributed by atoms with Crippen LogP contribution in [-0.4, -0.2) is 36.9 Å². The van der Waals surface area contributed by atoms with Gasteiger partial charge in [-0.2, -0.15) is 10.2 Å². The third-order valence-corrected chi connectivity index (χ3v) is 3.95. The molecule has 1 aliphatic carbocycles. The Labute approximate surface area is 141 Å². The quantitative estimate of drug-likeness (QED) is 0.877. The molecule has 0 atom stereocenters. The molecule has 0 unspecified atom stereocenters. The smallest absolute Gasteiger partial charge is 0.408 e. The second kappa shape index (κ2) is 5.55. The van der Waals surface area contributed by atoms with Crippen molar-refractivity contribution in [3.05, 3.63) is 28.6 Å². The predicted octanol–water partition coefficient (Wildman–Crippen LogP) is 2.33. The fourth-order valence-electron chi connectivity index (χ4n) is 2.22. The van der Waals surface area contributed by atoms with Crippen molar-refractivity contribution in [2.75, 3.05) is 0 Å². The highest BCUT2D eigenvalue weighted by atomic mass is 79.9. The van der Waals surface area contributed by atoms with Gasteiger partial charge in [-0.15, -0.1) is 15.0 Å². The highest BCUT2D eigenvalue weighted by Crippen LogP contribution is 2.48. The molecule has 1 fully saturated rings. The maximum atomic E-state index is 12.1. The van der Waals surface area contributed by atoms with E-state index in [1.165, 1.54) is 4.80 Å². The van der Waals surface area contributed by atoms with Gasteiger partial charge in [0.25, 0.3) is 0 Å². The third kappa shape index (κ3) is 3.49. The molecule has 2 aromatic heterocycles. The van der Waals surface area contributed by atoms with E-state index in [-0.39, 0.29) is 0 Å². The molecule has 122 valence electrons. The molecule has 1 aliphatic rings. The molecule has 8 nitrogen and oxygen atoms in total. The molecule has 23 heavy (non-hydrogen) atoms. The van der Waals surface area contributed by atoms with Crippen LogP contribution >= 0.6 is 15.9 Å². The van der Waals surface area contributed by atoms with E-state index in [1.54, 1.807) is 12.4 Å². The van der Waals surface area contributed by atoms with E-state index in [0.717, 1.165) is 18.4 Å². The van der Waals surface area contributed by atoms with Crippen molar-refractivity contribution in [3.8, 4) is 5.82 Å². The Morgan fingerprint density at radius 1 is 1.30 bits per heavy atom. The fourth-order valence-corrected chi connectivity index (χ4v) is 2.79. The molecular formula is C14H17BrN6O2. The van der Waals surface area contributed by atoms with Crippen LogP contribution in [0.3, 0.4) is 0 Å². The van der Waals surface area contributed by atoms with Crippen LogP contribution in [-0.2, 0) is 10.3 Å². The monoisotopic (exact) mass is 380 g/mol. The number of rotatable bonds is 3. The van der Waals surface area contributed by atoms with Crippen molar-refractivity contribution in [1.29, 1.82) is 0 Å². The number of nitrogens with one attached hydrogen (secondary N) is 1. The van der Waals surface area contributed by atoms with Gasteiger partial charge >= 0.3 is 6.09 Å². The van der Waals surface area contributed by atoms with Gasteiger partial charge in [-0.25, -0.2) is 4.79 Å². The van der Waals surface area contributed by atoms with E-state index in [1.807, 2.05) is 26.8 Å². The van der Waals surface area contributed by atoms with Gasteiger partial charge in [-0.3, -0.25) is 0 Å². The minimum Gasteiger partial charge on any atom is -0.444 e. The lowest BCUT2D eigenvalue weighted by Crippen LogP contribution is -2.39. The number of hydrogen-bond donors (Lipinski definition) is 1. The molecule has 9 heteroatoms. The molecule has 0 aliphatic heterocycles. The predicted molar refractivity (Wildman–Crippen MR) is 84.9 cm³/mol. The zero-order chi connectivity index (χ0) is 16.7. The van der Waals surface area contributed by atoms with Gasteiger partial charge in [0, 0.05) is 5.56 Å². The molecule has 1 amide bonds. The summed E-state index contributed by atoms with van der Waals surface area (Å²) in [5, 5.41) is 19.2. The van der Waals surface area contributed by atoms with E-state index >= 15 is 0 Å². The number of nitrogens with zero attached hydrogens (tertiary/aromatic N) is 5. The minimum atomic E-state index is -0.544. The van der Waals surface area contributed by atoms with E-state index in [2.05, 4.69) is 41.6 Å². The Morgan fingerprint density at radius 2 is 1.96 bits per heavy atom. The Balaban J connectivity index is 1.86. The summed E-state index contributed by atoms with van der Waals surface area (Å²) in [6, 6.07) is 1.82. The standard InChI is InChI=1S/C14H17BrN6O2/c1-13(2,3)23-12(22)18-14(4-5-14)9-8-10(19-20-11(9)15)21-16-6-7-17-21/h6-8H,4-5H2,1-3H3,(H,18,22). The summed E-state index contributed by atoms with van der Waals surface area (Å²) in [6.07, 6.45) is 4.30. The highest BCUT2D eigenvalue weighted by molar-refractivity contribution is 9.10. The van der Waals surface area contributed by atoms with Crippen LogP contribution in [0.2, 0.25) is 0 Å². The molecule has 2 aromatic rings. The van der Waals surface area contributed by atoms with E-state index in [0.29, 0.717) is 10.4 Å². The lowest BCUT2D eigenvalue weighted by Gasteiger charge is -2.24. The van der Waals surface area contributed by atoms with Crippen LogP contribution in [0, 0.1) is 0 Å². The summed E-state index contributed by atoms with van der Waals surface area (Å²) in [5.74, 6) is 0.491. The van der Waals surface area contributed by atoms with Crippen LogP contribution in [0.25, 0.3) is 5.82 Å². The Bertz CT molecular complexity index is 721. The fraction of sp³-hybridized carbons (Fsp3) is 0.500. The lowest BCUT2D eigenvalue weighted by atomic mass is 10.1. The average molecular weight is 381 g/mol. The number of hydrogen-bond acceptors (Lipinski definition) is 6. The summed E-state index contributed by atoms with van der Waals surface area (Å²) < 4.78 is 5.93. The first-order chi connectivity index (χ1) is 10.8. The molecular weight excluding hydrogens is 364 g/mol. The SMILES string of the molecule is CC(C)(C)OC(=O)NC1(c2cc(-n3nccn3)nnc2Br)CC1. The molecule has 0 spiro atoms. The number of carbonyl (C=O) groups is 1. The van der Waals surface area contributed by atoms with Crippen LogP contribution < -0.4 is 5.32 Å². The largest absolute Gasteiger partial charge is 0.444 e. The molecule has 2 heterocycles. The maximum absolute atomic E-state index is 12.1. The third-order valence-electron chi connectivity index (χ3n) is 3.37. The van der Waals surface area contributed by atoms with Gasteiger partial charge in [-0.05, 0) is 55.6 Å². The number of amides is 1. The van der Waals surface area contributed by atoms with Crippen molar-refractivity contribution < 1.29 is 9.53 Å². The molecule has 1 saturated carbocycles. The second-order valence-corrected chi connectivity index (χ2v) is 7.19. The van der Waals surface area contributed by atoms with Crippen LogP contribution in [0.15, 0.2) is 23.1 Å². The lowest BCUT2D eigenvalue weighted by molar-refractivity contribution is 0.0495. The van der Waals surface area contributed by atoms with Gasteiger partial charge in [0.1, 0.15) is 10.2 Å². The molecule has 0 aromatic carbocycles. The van der Waals surface area contributed by atoms with E-state index in [4.69, 9.17) is 4.74 Å². The van der Waals surface area contributed by atoms with Crippen molar-refractivity contribution in [1.82, 2.24) is 30.5 Å². The Kier molecular flexibility index (Phi) is 3.83. The van der Waals surface area contributed by atoms with Gasteiger partial charge < -0.3 is 10.1 Å². The molecule has 0 bridgehead atoms. The number of alkyl carbamates (subject to hydrolysis) is 1. The molecule has 1 N–H and O–H groups in total. The summed E-state index contributed by atoms with van der Waals surface area (Å²) in [4.78, 5) is 13.5. The summed E-state index contributed by atoms with van der Waals surface area (Å²) in [6.45, 7) is 5.49. The Hall–Kier alpha value is -2.03. The Morgan fingerprint density at radius 3 is 2.52 bits per heavy atom. The van der Waals surface area contributed by atoms with Gasteiger partial charge in [-0.1, -0.05) is 0 Å². The van der Waals surface area contributed by atoms with Crippen molar-refractivity contribution >= 4 is 22.0 Å². The minimum absolute atomic E-state index is 0.447. The second-order valence-electron chi connectivity index (χ2n) is 6.43. The summed E-state index contributed by atoms with van der Waals surface area (Å²) >= 11 is 3.41. The first kappa shape index (κ1) is 15.9. The van der Waals surface area contributed by atoms with Gasteiger partial charge in [0.05, 0.1) is 17.9 Å². The number of halogens is 1. The molecule has 0 saturated heterocycles. The highest BCUT2D eigenvalue weighted by Gasteiger charge is 2.48. The van der Waals surface area contributed by atoms with E-state index in [9.17, 15) is 4.79 Å². The van der Waals surface area contributed by atoms with Crippen LogP contribution in [0.4, 0.5) is 4.79 Å². The van der Waals surface area contributed by atoms with Gasteiger partial charge in [0.2, 0.25) is 0 Å². The summed E-state index contributed by atoms with van der Waals surface area (Å²) in [7, 11) is 0. The maximum Gasteiger partial charge on any atom is 0.408 e. The first-order valence-electron chi connectivity index (χ1n) is 7.21. The number of carbonyl (C=O) groups excluding carboxylic acids is 1. The number of aromatic nitrogens is 5. The molecule has 3 rings (SSSR count). The summed E-state index contributed by atoms with van der Waals surface area (Å²) in [5.41, 5.74) is -0.192. The van der Waals surface area contributed by atoms with Crippen molar-refractivity contribution in [2.45, 2.75) is 44.8 Å². The zero-order valence-corrected chi connectivity index (χ0v) is 14.7. The average Bonchev–Trinajstić information content (AvgIpc) is 3.00. The normalized spacial score (nSPS) is 16.0. The van der Waals surface area contributed by atoms with Crippen LogP contribution in [0.1, 0.15) is 39.2 Å². The van der Waals surface area contributed by atoms with Gasteiger partial charge in [0.15, 0.2) is 5.82 Å². The molecule has 0 radical (unpaired) electrons. The zero-order valence-electron chi connectivity index (χ0n) is 13.1. The number of ether oxygens (including phenoxy) is 1. The van der Waals surface area contributed by atoms with Crippen LogP contribution in [0.5, 0.6) is 0 Å². The van der Waals surface area contributed by atoms with Crippen molar-refractivity contribution in [2.24, 2.45) is 0 Å². The topological polar surface area (TPSA) is 94.8 Å². The van der Waals surface area contributed by atoms with Crippen molar-refractivity contribution in [3.63, 3.8) is 0 Å².